The molecule has 0 bridgehead atoms. The first kappa shape index (κ1) is 38.5. The van der Waals surface area contributed by atoms with Crippen LogP contribution in [0.25, 0.3) is 0 Å². The molecule has 4 heterocycles. The number of aliphatic carboxylic acids is 2. The van der Waals surface area contributed by atoms with Crippen molar-refractivity contribution < 1.29 is 53.8 Å². The zero-order valence-electron chi connectivity index (χ0n) is 30.4. The Morgan fingerprint density at radius 2 is 1.89 bits per heavy atom. The van der Waals surface area contributed by atoms with Crippen LogP contribution in [0.4, 0.5) is 16.3 Å². The molecule has 1 aromatic heterocycles. The number of amides is 2. The lowest BCUT2D eigenvalue weighted by Crippen LogP contribution is -2.54. The van der Waals surface area contributed by atoms with Crippen LogP contribution < -0.4 is 25.0 Å². The van der Waals surface area contributed by atoms with Crippen molar-refractivity contribution in [3.63, 3.8) is 0 Å². The van der Waals surface area contributed by atoms with Crippen molar-refractivity contribution in [2.45, 2.75) is 80.2 Å². The summed E-state index contributed by atoms with van der Waals surface area (Å²) in [5.74, 6) is -1.76. The lowest BCUT2D eigenvalue weighted by molar-refractivity contribution is -0.192. The molecule has 1 saturated carbocycles. The highest BCUT2D eigenvalue weighted by atomic mass is 35.5. The van der Waals surface area contributed by atoms with Crippen molar-refractivity contribution in [2.24, 2.45) is 4.99 Å². The number of carboxylic acids is 2. The summed E-state index contributed by atoms with van der Waals surface area (Å²) in [6, 6.07) is 10.7. The number of imidazole rings is 1. The smallest absolute Gasteiger partial charge is 0.348 e. The van der Waals surface area contributed by atoms with Gasteiger partial charge in [0.2, 0.25) is 0 Å². The number of aromatic nitrogens is 2. The van der Waals surface area contributed by atoms with Gasteiger partial charge in [-0.25, -0.2) is 24.4 Å². The number of ether oxygens (including phenoxy) is 4. The molecule has 1 spiro atoms. The normalized spacial score (nSPS) is 27.3. The molecular weight excluding hydrogens is 740 g/mol. The van der Waals surface area contributed by atoms with E-state index in [-0.39, 0.29) is 18.5 Å². The lowest BCUT2D eigenvalue weighted by Gasteiger charge is -2.31. The molecule has 3 unspecified atom stereocenters. The number of urea groups is 1. The molecule has 4 aliphatic rings. The second-order valence-electron chi connectivity index (χ2n) is 14.4. The first-order chi connectivity index (χ1) is 26.2. The Hall–Kier alpha value is -4.78. The van der Waals surface area contributed by atoms with E-state index in [1.54, 1.807) is 43.3 Å². The van der Waals surface area contributed by atoms with Crippen LogP contribution in [-0.2, 0) is 32.0 Å². The average molecular weight is 783 g/mol. The number of aliphatic hydroxyl groups excluding tert-OH is 1. The molecule has 2 saturated heterocycles. The van der Waals surface area contributed by atoms with Crippen LogP contribution in [-0.4, -0.2) is 116 Å². The molecule has 3 fully saturated rings. The van der Waals surface area contributed by atoms with Gasteiger partial charge < -0.3 is 54.6 Å². The Bertz CT molecular complexity index is 1990. The summed E-state index contributed by atoms with van der Waals surface area (Å²) in [7, 11) is 3.16. The number of carbonyl (C=O) groups excluding carboxylic acids is 1. The standard InChI is InChI=1S/C37H43ClN6O11/c1-35(51)27(18-54-37(32(46)47,33(48)49)15-20-5-8-22(9-6-20)43-12-4-11-39-34(43)50)55-36(31(35)45)16-26(36)44-19-41-29-24(14-28(38)42-30(29)44)40-17-21-7-10-23(52-2)13-25(21)53-3/h5-10,13,19,24,26-27,31,40,45,51H,4,11-12,14-18H2,1-3H3,(H,39,50)(H,46,47)(H,48,49)/t24?,26?,27-,31-,35-,36?/m1/s1. The van der Waals surface area contributed by atoms with E-state index < -0.39 is 60.0 Å². The largest absolute Gasteiger partial charge is 0.497 e. The van der Waals surface area contributed by atoms with Gasteiger partial charge in [0.25, 0.3) is 5.60 Å². The zero-order chi connectivity index (χ0) is 39.3. The highest BCUT2D eigenvalue weighted by molar-refractivity contribution is 6.65. The van der Waals surface area contributed by atoms with E-state index in [9.17, 15) is 34.8 Å². The fourth-order valence-corrected chi connectivity index (χ4v) is 7.93. The summed E-state index contributed by atoms with van der Waals surface area (Å²) in [6.07, 6.45) is -0.423. The van der Waals surface area contributed by atoms with Gasteiger partial charge in [0.05, 0.1) is 39.2 Å². The first-order valence-corrected chi connectivity index (χ1v) is 18.2. The molecule has 3 aromatic rings. The lowest BCUT2D eigenvalue weighted by atomic mass is 9.91. The maximum absolute atomic E-state index is 12.6. The van der Waals surface area contributed by atoms with Gasteiger partial charge >= 0.3 is 18.0 Å². The number of carbonyl (C=O) groups is 3. The molecular formula is C37H43ClN6O11. The van der Waals surface area contributed by atoms with Crippen LogP contribution >= 0.6 is 11.6 Å². The summed E-state index contributed by atoms with van der Waals surface area (Å²) in [5, 5.41) is 50.1. The summed E-state index contributed by atoms with van der Waals surface area (Å²) in [4.78, 5) is 48.2. The molecule has 55 heavy (non-hydrogen) atoms. The predicted molar refractivity (Wildman–Crippen MR) is 196 cm³/mol. The van der Waals surface area contributed by atoms with E-state index in [0.717, 1.165) is 12.0 Å². The molecule has 2 aromatic carbocycles. The van der Waals surface area contributed by atoms with Gasteiger partial charge in [-0.05, 0) is 37.1 Å². The fraction of sp³-hybridized carbons (Fsp3) is 0.486. The highest BCUT2D eigenvalue weighted by Gasteiger charge is 2.73. The first-order valence-electron chi connectivity index (χ1n) is 17.8. The number of hydrogen-bond acceptors (Lipinski definition) is 12. The number of halogens is 1. The Balaban J connectivity index is 1.06. The van der Waals surface area contributed by atoms with E-state index in [1.165, 1.54) is 24.0 Å². The topological polar surface area (TPSA) is 227 Å². The summed E-state index contributed by atoms with van der Waals surface area (Å²) in [5.41, 5.74) is -3.66. The molecule has 1 aliphatic carbocycles. The van der Waals surface area contributed by atoms with E-state index in [0.29, 0.717) is 65.5 Å². The van der Waals surface area contributed by atoms with Crippen molar-refractivity contribution in [1.82, 2.24) is 20.2 Å². The van der Waals surface area contributed by atoms with E-state index >= 15 is 0 Å². The third-order valence-corrected chi connectivity index (χ3v) is 11.2. The van der Waals surface area contributed by atoms with E-state index in [1.807, 2.05) is 12.1 Å². The molecule has 6 N–H and O–H groups in total. The van der Waals surface area contributed by atoms with Crippen LogP contribution in [0.5, 0.6) is 11.5 Å². The van der Waals surface area contributed by atoms with Crippen molar-refractivity contribution in [3.05, 3.63) is 65.6 Å². The molecule has 7 rings (SSSR count). The van der Waals surface area contributed by atoms with Crippen LogP contribution in [0.2, 0.25) is 0 Å². The summed E-state index contributed by atoms with van der Waals surface area (Å²) in [6.45, 7) is 2.15. The Kier molecular flexibility index (Phi) is 10.3. The Morgan fingerprint density at radius 1 is 1.15 bits per heavy atom. The molecule has 0 radical (unpaired) electrons. The second-order valence-corrected chi connectivity index (χ2v) is 14.8. The molecule has 294 valence electrons. The predicted octanol–water partition coefficient (Wildman–Crippen LogP) is 2.69. The minimum absolute atomic E-state index is 0.238. The van der Waals surface area contributed by atoms with Gasteiger partial charge in [0.1, 0.15) is 45.8 Å². The maximum atomic E-state index is 12.6. The average Bonchev–Trinajstić information content (AvgIpc) is 3.67. The zero-order valence-corrected chi connectivity index (χ0v) is 31.2. The highest BCUT2D eigenvalue weighted by Crippen LogP contribution is 2.62. The second kappa shape index (κ2) is 14.7. The number of methoxy groups -OCH3 is 2. The van der Waals surface area contributed by atoms with Crippen molar-refractivity contribution in [1.29, 1.82) is 0 Å². The number of aliphatic imine (C=N–C) groups is 1. The molecule has 18 heteroatoms. The number of nitrogens with zero attached hydrogens (tertiary/aromatic N) is 4. The van der Waals surface area contributed by atoms with Crippen LogP contribution in [0.1, 0.15) is 55.1 Å². The molecule has 3 aliphatic heterocycles. The number of anilines is 1. The van der Waals surface area contributed by atoms with Crippen molar-refractivity contribution >= 4 is 46.2 Å². The monoisotopic (exact) mass is 782 g/mol. The number of aliphatic hydroxyl groups is 2. The van der Waals surface area contributed by atoms with Gasteiger partial charge in [-0.1, -0.05) is 29.8 Å². The number of nitrogens with one attached hydrogen (secondary N) is 2. The molecule has 17 nitrogen and oxygen atoms in total. The van der Waals surface area contributed by atoms with Gasteiger partial charge in [-0.3, -0.25) is 4.90 Å². The number of fused-ring (bicyclic) bond motifs is 1. The quantitative estimate of drug-likeness (QED) is 0.130. The van der Waals surface area contributed by atoms with E-state index in [4.69, 9.17) is 30.5 Å². The SMILES string of the molecule is COc1ccc(CNC2CC(Cl)=Nc3c2ncn3C2CC23O[C@H](COC(Cc2ccc(N4CCCNC4=O)cc2)(C(=O)O)C(=O)O)[C@@](C)(O)[C@H]3O)c(OC)c1. The third kappa shape index (κ3) is 6.89. The Morgan fingerprint density at radius 3 is 2.56 bits per heavy atom. The summed E-state index contributed by atoms with van der Waals surface area (Å²) < 4.78 is 24.6. The number of hydrogen-bond donors (Lipinski definition) is 6. The minimum Gasteiger partial charge on any atom is -0.497 e. The molecule has 6 atom stereocenters. The maximum Gasteiger partial charge on any atom is 0.348 e. The van der Waals surface area contributed by atoms with Gasteiger partial charge in [0, 0.05) is 56.2 Å². The number of carboxylic acid groups (broad SMARTS) is 2. The number of rotatable bonds is 14. The third-order valence-electron chi connectivity index (χ3n) is 11.0. The van der Waals surface area contributed by atoms with Gasteiger partial charge in [-0.2, -0.15) is 0 Å². The van der Waals surface area contributed by atoms with Gasteiger partial charge in [0.15, 0.2) is 5.82 Å². The fourth-order valence-electron chi connectivity index (χ4n) is 7.70. The van der Waals surface area contributed by atoms with Crippen molar-refractivity contribution in [3.8, 4) is 11.5 Å². The van der Waals surface area contributed by atoms with E-state index in [2.05, 4.69) is 20.6 Å². The van der Waals surface area contributed by atoms with Crippen molar-refractivity contribution in [2.75, 3.05) is 38.8 Å². The van der Waals surface area contributed by atoms with Crippen LogP contribution in [0.15, 0.2) is 53.8 Å². The molecule has 2 amide bonds. The minimum atomic E-state index is -2.76. The van der Waals surface area contributed by atoms with Crippen LogP contribution in [0, 0.1) is 0 Å². The Labute approximate surface area is 320 Å². The number of benzene rings is 2. The van der Waals surface area contributed by atoms with Crippen LogP contribution in [0.3, 0.4) is 0 Å². The summed E-state index contributed by atoms with van der Waals surface area (Å²) >= 11 is 6.54. The van der Waals surface area contributed by atoms with Gasteiger partial charge in [-0.15, -0.1) is 0 Å².